The molecule has 0 aliphatic carbocycles. The summed E-state index contributed by atoms with van der Waals surface area (Å²) in [7, 11) is -2.14. The van der Waals surface area contributed by atoms with Crippen molar-refractivity contribution in [1.82, 2.24) is 4.31 Å². The summed E-state index contributed by atoms with van der Waals surface area (Å²) in [5.41, 5.74) is 1.95. The molecule has 0 atom stereocenters. The fourth-order valence-corrected chi connectivity index (χ4v) is 5.34. The number of carbonyl (C=O) groups excluding carboxylic acids is 1. The van der Waals surface area contributed by atoms with Crippen molar-refractivity contribution < 1.29 is 27.1 Å². The minimum absolute atomic E-state index is 0.169. The Morgan fingerprint density at radius 2 is 1.84 bits per heavy atom. The molecule has 1 aromatic heterocycles. The van der Waals surface area contributed by atoms with Gasteiger partial charge in [0.25, 0.3) is 5.91 Å². The van der Waals surface area contributed by atoms with Gasteiger partial charge in [0, 0.05) is 24.2 Å². The van der Waals surface area contributed by atoms with E-state index in [9.17, 15) is 13.2 Å². The molecule has 2 aromatic carbocycles. The molecule has 4 rings (SSSR count). The van der Waals surface area contributed by atoms with Crippen LogP contribution in [0.2, 0.25) is 0 Å². The van der Waals surface area contributed by atoms with Crippen LogP contribution in [0.5, 0.6) is 5.75 Å². The van der Waals surface area contributed by atoms with E-state index in [1.807, 2.05) is 0 Å². The third-order valence-corrected chi connectivity index (χ3v) is 7.37. The monoisotopic (exact) mass is 444 g/mol. The lowest BCUT2D eigenvalue weighted by Gasteiger charge is -2.26. The van der Waals surface area contributed by atoms with Gasteiger partial charge in [0.15, 0.2) is 0 Å². The molecule has 1 saturated heterocycles. The zero-order valence-electron chi connectivity index (χ0n) is 17.6. The van der Waals surface area contributed by atoms with Gasteiger partial charge in [0.1, 0.15) is 17.1 Å². The SMILES string of the molecule is COc1ccc2oc(C)c(C(=O)Nc3ccc(C)c(S(=O)(=O)N4CCOCC4)c3)c2c1. The number of carbonyl (C=O) groups is 1. The van der Waals surface area contributed by atoms with Gasteiger partial charge in [-0.2, -0.15) is 4.31 Å². The van der Waals surface area contributed by atoms with Crippen LogP contribution in [0.15, 0.2) is 45.7 Å². The van der Waals surface area contributed by atoms with Gasteiger partial charge in [0.2, 0.25) is 10.0 Å². The number of hydrogen-bond donors (Lipinski definition) is 1. The van der Waals surface area contributed by atoms with E-state index in [0.29, 0.717) is 65.6 Å². The van der Waals surface area contributed by atoms with Crippen molar-refractivity contribution in [2.24, 2.45) is 0 Å². The summed E-state index contributed by atoms with van der Waals surface area (Å²) in [5.74, 6) is 0.689. The third-order valence-electron chi connectivity index (χ3n) is 5.33. The van der Waals surface area contributed by atoms with Crippen molar-refractivity contribution >= 4 is 32.6 Å². The smallest absolute Gasteiger partial charge is 0.259 e. The maximum Gasteiger partial charge on any atom is 0.259 e. The molecule has 1 N–H and O–H groups in total. The van der Waals surface area contributed by atoms with E-state index in [0.717, 1.165) is 0 Å². The number of benzene rings is 2. The number of methoxy groups -OCH3 is 1. The number of ether oxygens (including phenoxy) is 2. The molecule has 1 fully saturated rings. The maximum atomic E-state index is 13.1. The number of sulfonamides is 1. The van der Waals surface area contributed by atoms with E-state index in [4.69, 9.17) is 13.9 Å². The summed E-state index contributed by atoms with van der Waals surface area (Å²) in [5, 5.41) is 3.44. The van der Waals surface area contributed by atoms with Gasteiger partial charge in [-0.05, 0) is 49.7 Å². The third kappa shape index (κ3) is 4.04. The predicted molar refractivity (Wildman–Crippen MR) is 116 cm³/mol. The highest BCUT2D eigenvalue weighted by molar-refractivity contribution is 7.89. The van der Waals surface area contributed by atoms with Crippen LogP contribution in [-0.4, -0.2) is 52.0 Å². The fraction of sp³-hybridized carbons (Fsp3) is 0.318. The number of hydrogen-bond acceptors (Lipinski definition) is 6. The zero-order valence-corrected chi connectivity index (χ0v) is 18.4. The molecule has 0 saturated carbocycles. The highest BCUT2D eigenvalue weighted by Crippen LogP contribution is 2.30. The molecular weight excluding hydrogens is 420 g/mol. The molecule has 0 bridgehead atoms. The molecule has 1 aliphatic rings. The summed E-state index contributed by atoms with van der Waals surface area (Å²) in [6.07, 6.45) is 0. The quantitative estimate of drug-likeness (QED) is 0.648. The average molecular weight is 445 g/mol. The highest BCUT2D eigenvalue weighted by Gasteiger charge is 2.28. The first kappa shape index (κ1) is 21.4. The van der Waals surface area contributed by atoms with Crippen LogP contribution >= 0.6 is 0 Å². The van der Waals surface area contributed by atoms with Crippen LogP contribution in [0.4, 0.5) is 5.69 Å². The van der Waals surface area contributed by atoms with Crippen molar-refractivity contribution in [3.63, 3.8) is 0 Å². The number of aryl methyl sites for hydroxylation is 2. The van der Waals surface area contributed by atoms with Gasteiger partial charge < -0.3 is 19.2 Å². The normalized spacial score (nSPS) is 15.2. The Bertz CT molecular complexity index is 1240. The number of furan rings is 1. The van der Waals surface area contributed by atoms with E-state index < -0.39 is 10.0 Å². The van der Waals surface area contributed by atoms with Crippen molar-refractivity contribution in [2.75, 3.05) is 38.7 Å². The Morgan fingerprint density at radius 1 is 1.10 bits per heavy atom. The second-order valence-corrected chi connectivity index (χ2v) is 9.25. The maximum absolute atomic E-state index is 13.1. The summed E-state index contributed by atoms with van der Waals surface area (Å²) < 4.78 is 43.8. The number of rotatable bonds is 5. The zero-order chi connectivity index (χ0) is 22.2. The first-order valence-electron chi connectivity index (χ1n) is 9.88. The molecule has 3 aromatic rings. The molecule has 0 spiro atoms. The largest absolute Gasteiger partial charge is 0.497 e. The summed E-state index contributed by atoms with van der Waals surface area (Å²) in [4.78, 5) is 13.2. The van der Waals surface area contributed by atoms with Gasteiger partial charge >= 0.3 is 0 Å². The lowest BCUT2D eigenvalue weighted by atomic mass is 10.1. The first-order valence-corrected chi connectivity index (χ1v) is 11.3. The van der Waals surface area contributed by atoms with Crippen LogP contribution < -0.4 is 10.1 Å². The molecule has 9 heteroatoms. The number of nitrogens with one attached hydrogen (secondary N) is 1. The molecule has 1 aliphatic heterocycles. The molecule has 0 radical (unpaired) electrons. The van der Waals surface area contributed by atoms with Gasteiger partial charge in [-0.25, -0.2) is 8.42 Å². The standard InChI is InChI=1S/C22H24N2O6S/c1-14-4-5-16(12-20(14)31(26,27)24-8-10-29-11-9-24)23-22(25)21-15(2)30-19-7-6-17(28-3)13-18(19)21/h4-7,12-13H,8-11H2,1-3H3,(H,23,25). The first-order chi connectivity index (χ1) is 14.8. The Balaban J connectivity index is 1.66. The lowest BCUT2D eigenvalue weighted by molar-refractivity contribution is 0.0730. The minimum atomic E-state index is -3.69. The van der Waals surface area contributed by atoms with Gasteiger partial charge in [0.05, 0.1) is 30.8 Å². The Labute approximate surface area is 180 Å². The summed E-state index contributed by atoms with van der Waals surface area (Å²) >= 11 is 0. The van der Waals surface area contributed by atoms with Gasteiger partial charge in [-0.15, -0.1) is 0 Å². The van der Waals surface area contributed by atoms with Gasteiger partial charge in [-0.3, -0.25) is 4.79 Å². The topological polar surface area (TPSA) is 98.1 Å². The fourth-order valence-electron chi connectivity index (χ4n) is 3.68. The Hall–Kier alpha value is -2.88. The highest BCUT2D eigenvalue weighted by atomic mass is 32.2. The molecular formula is C22H24N2O6S. The van der Waals surface area contributed by atoms with E-state index >= 15 is 0 Å². The molecule has 164 valence electrons. The van der Waals surface area contributed by atoms with E-state index in [-0.39, 0.29) is 10.8 Å². The second-order valence-electron chi connectivity index (χ2n) is 7.35. The summed E-state index contributed by atoms with van der Waals surface area (Å²) in [6, 6.07) is 10.1. The Morgan fingerprint density at radius 3 is 2.55 bits per heavy atom. The van der Waals surface area contributed by atoms with E-state index in [1.165, 1.54) is 10.4 Å². The van der Waals surface area contributed by atoms with E-state index in [1.54, 1.807) is 51.3 Å². The minimum Gasteiger partial charge on any atom is -0.497 e. The van der Waals surface area contributed by atoms with Crippen molar-refractivity contribution in [1.29, 1.82) is 0 Å². The predicted octanol–water partition coefficient (Wildman–Crippen LogP) is 3.33. The summed E-state index contributed by atoms with van der Waals surface area (Å²) in [6.45, 7) is 4.79. The number of amides is 1. The van der Waals surface area contributed by atoms with Crippen molar-refractivity contribution in [2.45, 2.75) is 18.7 Å². The van der Waals surface area contributed by atoms with Crippen molar-refractivity contribution in [3.05, 3.63) is 53.3 Å². The van der Waals surface area contributed by atoms with Crippen LogP contribution in [-0.2, 0) is 14.8 Å². The molecule has 0 unspecified atom stereocenters. The molecule has 8 nitrogen and oxygen atoms in total. The van der Waals surface area contributed by atoms with E-state index in [2.05, 4.69) is 5.32 Å². The molecule has 31 heavy (non-hydrogen) atoms. The molecule has 1 amide bonds. The van der Waals surface area contributed by atoms with Gasteiger partial charge in [-0.1, -0.05) is 6.07 Å². The van der Waals surface area contributed by atoms with Crippen LogP contribution in [0, 0.1) is 13.8 Å². The number of anilines is 1. The second kappa shape index (κ2) is 8.33. The number of fused-ring (bicyclic) bond motifs is 1. The molecule has 2 heterocycles. The van der Waals surface area contributed by atoms with Crippen LogP contribution in [0.25, 0.3) is 11.0 Å². The average Bonchev–Trinajstić information content (AvgIpc) is 3.10. The van der Waals surface area contributed by atoms with Crippen LogP contribution in [0.1, 0.15) is 21.7 Å². The van der Waals surface area contributed by atoms with Crippen molar-refractivity contribution in [3.8, 4) is 5.75 Å². The van der Waals surface area contributed by atoms with Crippen LogP contribution in [0.3, 0.4) is 0 Å². The number of nitrogens with zero attached hydrogens (tertiary/aromatic N) is 1. The number of morpholine rings is 1. The lowest BCUT2D eigenvalue weighted by Crippen LogP contribution is -2.40. The Kier molecular flexibility index (Phi) is 5.74.